The molecule has 0 fully saturated rings. The van der Waals surface area contributed by atoms with Crippen LogP contribution in [0.1, 0.15) is 12.0 Å². The first-order valence-corrected chi connectivity index (χ1v) is 8.05. The van der Waals surface area contributed by atoms with E-state index in [1.807, 2.05) is 66.7 Å². The van der Waals surface area contributed by atoms with Gasteiger partial charge in [0, 0.05) is 5.39 Å². The summed E-state index contributed by atoms with van der Waals surface area (Å²) in [5, 5.41) is 1.91. The summed E-state index contributed by atoms with van der Waals surface area (Å²) in [6, 6.07) is 22.7. The molecule has 0 aliphatic heterocycles. The maximum Gasteiger partial charge on any atom is 0.310 e. The lowest BCUT2D eigenvalue weighted by atomic mass is 10.1. The quantitative estimate of drug-likeness (QED) is 0.485. The van der Waals surface area contributed by atoms with Gasteiger partial charge in [0.15, 0.2) is 12.4 Å². The average molecular weight is 334 g/mol. The van der Waals surface area contributed by atoms with Crippen molar-refractivity contribution in [2.24, 2.45) is 0 Å². The molecule has 0 radical (unpaired) electrons. The second kappa shape index (κ2) is 8.11. The van der Waals surface area contributed by atoms with Gasteiger partial charge in [-0.15, -0.1) is 0 Å². The molecule has 0 heterocycles. The molecule has 0 aromatic heterocycles. The van der Waals surface area contributed by atoms with Crippen LogP contribution < -0.4 is 4.74 Å². The van der Waals surface area contributed by atoms with Crippen molar-refractivity contribution in [3.63, 3.8) is 0 Å². The molecule has 4 nitrogen and oxygen atoms in total. The Balaban J connectivity index is 1.62. The fraction of sp³-hybridized carbons (Fsp3) is 0.143. The Labute approximate surface area is 146 Å². The Morgan fingerprint density at radius 1 is 0.920 bits per heavy atom. The first kappa shape index (κ1) is 16.7. The predicted octanol–water partition coefficient (Wildman–Crippen LogP) is 3.92. The van der Waals surface area contributed by atoms with Crippen LogP contribution in [0.15, 0.2) is 72.8 Å². The van der Waals surface area contributed by atoms with Crippen LogP contribution in [-0.4, -0.2) is 18.4 Å². The summed E-state index contributed by atoms with van der Waals surface area (Å²) >= 11 is 0. The number of hydrogen-bond donors (Lipinski definition) is 0. The van der Waals surface area contributed by atoms with Crippen molar-refractivity contribution in [2.45, 2.75) is 19.1 Å². The predicted molar refractivity (Wildman–Crippen MR) is 95.3 cm³/mol. The summed E-state index contributed by atoms with van der Waals surface area (Å²) in [6.45, 7) is 0.180. The van der Waals surface area contributed by atoms with E-state index in [9.17, 15) is 9.59 Å². The zero-order chi connectivity index (χ0) is 17.5. The van der Waals surface area contributed by atoms with Crippen molar-refractivity contribution in [2.75, 3.05) is 0 Å². The average Bonchev–Trinajstić information content (AvgIpc) is 2.67. The molecule has 126 valence electrons. The van der Waals surface area contributed by atoms with Gasteiger partial charge in [0.2, 0.25) is 0 Å². The highest BCUT2D eigenvalue weighted by Crippen LogP contribution is 2.26. The van der Waals surface area contributed by atoms with E-state index < -0.39 is 12.1 Å². The van der Waals surface area contributed by atoms with Gasteiger partial charge >= 0.3 is 5.97 Å². The lowest BCUT2D eigenvalue weighted by Crippen LogP contribution is -2.23. The number of carbonyl (C=O) groups excluding carboxylic acids is 2. The summed E-state index contributed by atoms with van der Waals surface area (Å²) < 4.78 is 10.9. The normalized spacial score (nSPS) is 11.7. The Bertz CT molecular complexity index is 853. The minimum atomic E-state index is -0.880. The van der Waals surface area contributed by atoms with Crippen LogP contribution in [0.25, 0.3) is 10.8 Å². The molecular formula is C21H18O4. The van der Waals surface area contributed by atoms with Crippen LogP contribution in [0, 0.1) is 0 Å². The van der Waals surface area contributed by atoms with Gasteiger partial charge < -0.3 is 9.47 Å². The SMILES string of the molecule is O=CC(CC(=O)OCc1ccccc1)Oc1cccc2ccccc12. The third-order valence-corrected chi connectivity index (χ3v) is 3.79. The highest BCUT2D eigenvalue weighted by Gasteiger charge is 2.17. The standard InChI is InChI=1S/C21H18O4/c22-14-18(13-21(23)24-15-16-7-2-1-3-8-16)25-20-12-6-10-17-9-4-5-11-19(17)20/h1-12,14,18H,13,15H2. The number of benzene rings is 3. The number of aldehydes is 1. The number of ether oxygens (including phenoxy) is 2. The fourth-order valence-electron chi connectivity index (χ4n) is 2.54. The molecule has 0 aliphatic carbocycles. The lowest BCUT2D eigenvalue weighted by Gasteiger charge is -2.15. The number of carbonyl (C=O) groups is 2. The molecule has 0 aliphatic rings. The van der Waals surface area contributed by atoms with Crippen molar-refractivity contribution in [3.05, 3.63) is 78.4 Å². The summed E-state index contributed by atoms with van der Waals surface area (Å²) in [4.78, 5) is 23.3. The second-order valence-electron chi connectivity index (χ2n) is 5.62. The Kier molecular flexibility index (Phi) is 5.42. The lowest BCUT2D eigenvalue weighted by molar-refractivity contribution is -0.147. The number of rotatable bonds is 7. The monoisotopic (exact) mass is 334 g/mol. The maximum atomic E-state index is 12.0. The van der Waals surface area contributed by atoms with E-state index in [-0.39, 0.29) is 13.0 Å². The second-order valence-corrected chi connectivity index (χ2v) is 5.62. The molecule has 3 aromatic rings. The van der Waals surface area contributed by atoms with Crippen LogP contribution >= 0.6 is 0 Å². The number of fused-ring (bicyclic) bond motifs is 1. The zero-order valence-corrected chi connectivity index (χ0v) is 13.6. The fourth-order valence-corrected chi connectivity index (χ4v) is 2.54. The summed E-state index contributed by atoms with van der Waals surface area (Å²) in [7, 11) is 0. The Morgan fingerprint density at radius 2 is 1.64 bits per heavy atom. The minimum absolute atomic E-state index is 0.125. The molecule has 0 saturated heterocycles. The van der Waals surface area contributed by atoms with Gasteiger partial charge in [-0.05, 0) is 17.0 Å². The minimum Gasteiger partial charge on any atom is -0.482 e. The van der Waals surface area contributed by atoms with Gasteiger partial charge in [0.1, 0.15) is 12.4 Å². The van der Waals surface area contributed by atoms with E-state index in [1.165, 1.54) is 0 Å². The van der Waals surface area contributed by atoms with Gasteiger partial charge in [0.25, 0.3) is 0 Å². The van der Waals surface area contributed by atoms with Crippen molar-refractivity contribution in [1.82, 2.24) is 0 Å². The number of hydrogen-bond acceptors (Lipinski definition) is 4. The van der Waals surface area contributed by atoms with Crippen molar-refractivity contribution < 1.29 is 19.1 Å². The van der Waals surface area contributed by atoms with E-state index >= 15 is 0 Å². The number of esters is 1. The first-order valence-electron chi connectivity index (χ1n) is 8.05. The van der Waals surface area contributed by atoms with E-state index in [2.05, 4.69) is 0 Å². The third kappa shape index (κ3) is 4.44. The van der Waals surface area contributed by atoms with Crippen LogP contribution in [-0.2, 0) is 20.9 Å². The van der Waals surface area contributed by atoms with Crippen LogP contribution in [0.3, 0.4) is 0 Å². The largest absolute Gasteiger partial charge is 0.482 e. The molecule has 3 rings (SSSR count). The molecule has 0 amide bonds. The van der Waals surface area contributed by atoms with E-state index in [0.717, 1.165) is 16.3 Å². The molecule has 4 heteroatoms. The summed E-state index contributed by atoms with van der Waals surface area (Å²) in [5.41, 5.74) is 0.897. The van der Waals surface area contributed by atoms with Gasteiger partial charge in [-0.2, -0.15) is 0 Å². The van der Waals surface area contributed by atoms with Crippen LogP contribution in [0.5, 0.6) is 5.75 Å². The van der Waals surface area contributed by atoms with E-state index in [1.54, 1.807) is 6.07 Å². The smallest absolute Gasteiger partial charge is 0.310 e. The summed E-state index contributed by atoms with van der Waals surface area (Å²) in [5.74, 6) is 0.104. The van der Waals surface area contributed by atoms with Gasteiger partial charge in [0.05, 0.1) is 6.42 Å². The highest BCUT2D eigenvalue weighted by atomic mass is 16.5. The van der Waals surface area contributed by atoms with E-state index in [0.29, 0.717) is 12.0 Å². The summed E-state index contributed by atoms with van der Waals surface area (Å²) in [6.07, 6.45) is -0.375. The van der Waals surface area contributed by atoms with Crippen molar-refractivity contribution in [3.8, 4) is 5.75 Å². The van der Waals surface area contributed by atoms with E-state index in [4.69, 9.17) is 9.47 Å². The van der Waals surface area contributed by atoms with Crippen molar-refractivity contribution in [1.29, 1.82) is 0 Å². The third-order valence-electron chi connectivity index (χ3n) is 3.79. The molecule has 0 bridgehead atoms. The Morgan fingerprint density at radius 3 is 2.44 bits per heavy atom. The Hall–Kier alpha value is -3.14. The highest BCUT2D eigenvalue weighted by molar-refractivity contribution is 5.88. The topological polar surface area (TPSA) is 52.6 Å². The van der Waals surface area contributed by atoms with Crippen molar-refractivity contribution >= 4 is 23.0 Å². The molecule has 0 N–H and O–H groups in total. The maximum absolute atomic E-state index is 12.0. The van der Waals surface area contributed by atoms with Crippen LogP contribution in [0.4, 0.5) is 0 Å². The first-order chi connectivity index (χ1) is 12.3. The van der Waals surface area contributed by atoms with Gasteiger partial charge in [-0.25, -0.2) is 0 Å². The van der Waals surface area contributed by atoms with Gasteiger partial charge in [-0.3, -0.25) is 9.59 Å². The molecule has 0 spiro atoms. The molecule has 3 aromatic carbocycles. The molecular weight excluding hydrogens is 316 g/mol. The molecule has 1 unspecified atom stereocenters. The molecule has 1 atom stereocenters. The van der Waals surface area contributed by atoms with Gasteiger partial charge in [-0.1, -0.05) is 66.7 Å². The molecule has 25 heavy (non-hydrogen) atoms. The van der Waals surface area contributed by atoms with Crippen LogP contribution in [0.2, 0.25) is 0 Å². The zero-order valence-electron chi connectivity index (χ0n) is 13.6. The molecule has 0 saturated carbocycles.